The second-order valence-corrected chi connectivity index (χ2v) is 4.88. The van der Waals surface area contributed by atoms with E-state index >= 15 is 0 Å². The second-order valence-electron chi connectivity index (χ2n) is 4.03. The topological polar surface area (TPSA) is 21.3 Å². The van der Waals surface area contributed by atoms with E-state index in [0.717, 1.165) is 6.54 Å². The molecule has 0 aliphatic carbocycles. The Hall–Kier alpha value is -0.440. The third-order valence-electron chi connectivity index (χ3n) is 2.32. The zero-order valence-electron chi connectivity index (χ0n) is 9.76. The van der Waals surface area contributed by atoms with Crippen molar-refractivity contribution in [3.63, 3.8) is 0 Å². The molecule has 1 aromatic carbocycles. The molecule has 0 aliphatic rings. The Morgan fingerprint density at radius 3 is 2.56 bits per heavy atom. The first-order valence-electron chi connectivity index (χ1n) is 5.31. The number of halogens is 2. The number of nitrogens with one attached hydrogen (secondary N) is 1. The summed E-state index contributed by atoms with van der Waals surface area (Å²) in [5, 5.41) is 4.32. The highest BCUT2D eigenvalue weighted by Crippen LogP contribution is 2.29. The van der Waals surface area contributed by atoms with Crippen LogP contribution in [-0.2, 0) is 0 Å². The van der Waals surface area contributed by atoms with Gasteiger partial charge < -0.3 is 10.1 Å². The van der Waals surface area contributed by atoms with Crippen LogP contribution in [0.25, 0.3) is 0 Å². The van der Waals surface area contributed by atoms with Gasteiger partial charge in [-0.15, -0.1) is 0 Å². The van der Waals surface area contributed by atoms with Crippen LogP contribution in [0, 0.1) is 5.92 Å². The van der Waals surface area contributed by atoms with Crippen molar-refractivity contribution >= 4 is 23.2 Å². The minimum Gasteiger partial charge on any atom is -0.487 e. The van der Waals surface area contributed by atoms with E-state index in [0.29, 0.717) is 21.7 Å². The number of ether oxygens (including phenoxy) is 1. The van der Waals surface area contributed by atoms with Gasteiger partial charge in [0.25, 0.3) is 0 Å². The summed E-state index contributed by atoms with van der Waals surface area (Å²) in [5.41, 5.74) is 0. The predicted octanol–water partition coefficient (Wildman–Crippen LogP) is 3.62. The molecule has 0 heterocycles. The van der Waals surface area contributed by atoms with Crippen LogP contribution in [0.4, 0.5) is 0 Å². The zero-order chi connectivity index (χ0) is 12.1. The summed E-state index contributed by atoms with van der Waals surface area (Å²) in [6, 6.07) is 5.24. The molecule has 90 valence electrons. The van der Waals surface area contributed by atoms with E-state index in [-0.39, 0.29) is 6.10 Å². The summed E-state index contributed by atoms with van der Waals surface area (Å²) in [6.45, 7) is 5.00. The third-order valence-corrected chi connectivity index (χ3v) is 2.87. The van der Waals surface area contributed by atoms with E-state index in [2.05, 4.69) is 19.2 Å². The van der Waals surface area contributed by atoms with Crippen LogP contribution in [0.1, 0.15) is 13.8 Å². The van der Waals surface area contributed by atoms with Gasteiger partial charge in [0, 0.05) is 17.6 Å². The van der Waals surface area contributed by atoms with Crippen LogP contribution in [0.5, 0.6) is 5.75 Å². The molecule has 0 aromatic heterocycles. The predicted molar refractivity (Wildman–Crippen MR) is 69.6 cm³/mol. The largest absolute Gasteiger partial charge is 0.487 e. The van der Waals surface area contributed by atoms with E-state index < -0.39 is 0 Å². The molecule has 1 rings (SSSR count). The van der Waals surface area contributed by atoms with Crippen molar-refractivity contribution in [2.24, 2.45) is 5.92 Å². The van der Waals surface area contributed by atoms with Gasteiger partial charge in [0.05, 0.1) is 5.02 Å². The lowest BCUT2D eigenvalue weighted by atomic mass is 10.1. The van der Waals surface area contributed by atoms with Crippen LogP contribution < -0.4 is 10.1 Å². The van der Waals surface area contributed by atoms with Crippen LogP contribution in [0.3, 0.4) is 0 Å². The van der Waals surface area contributed by atoms with Crippen molar-refractivity contribution in [1.82, 2.24) is 5.32 Å². The summed E-state index contributed by atoms with van der Waals surface area (Å²) >= 11 is 11.9. The molecule has 0 spiro atoms. The first-order chi connectivity index (χ1) is 7.54. The molecule has 16 heavy (non-hydrogen) atoms. The summed E-state index contributed by atoms with van der Waals surface area (Å²) in [5.74, 6) is 1.05. The maximum atomic E-state index is 6.04. The highest BCUT2D eigenvalue weighted by Gasteiger charge is 2.15. The molecule has 0 saturated heterocycles. The Balaban J connectivity index is 2.80. The highest BCUT2D eigenvalue weighted by molar-refractivity contribution is 6.34. The zero-order valence-corrected chi connectivity index (χ0v) is 11.3. The van der Waals surface area contributed by atoms with Gasteiger partial charge in [-0.05, 0) is 25.1 Å². The van der Waals surface area contributed by atoms with E-state index in [9.17, 15) is 0 Å². The quantitative estimate of drug-likeness (QED) is 0.875. The van der Waals surface area contributed by atoms with Gasteiger partial charge >= 0.3 is 0 Å². The van der Waals surface area contributed by atoms with Gasteiger partial charge in [-0.1, -0.05) is 37.0 Å². The normalized spacial score (nSPS) is 12.9. The van der Waals surface area contributed by atoms with Crippen molar-refractivity contribution in [2.75, 3.05) is 13.6 Å². The molecule has 1 N–H and O–H groups in total. The number of hydrogen-bond donors (Lipinski definition) is 1. The lowest BCUT2D eigenvalue weighted by Crippen LogP contribution is -2.33. The van der Waals surface area contributed by atoms with Crippen LogP contribution in [-0.4, -0.2) is 19.7 Å². The Kier molecular flexibility index (Phi) is 5.39. The minimum absolute atomic E-state index is 0.0842. The molecular weight excluding hydrogens is 245 g/mol. The van der Waals surface area contributed by atoms with E-state index in [1.165, 1.54) is 0 Å². The Morgan fingerprint density at radius 2 is 2.00 bits per heavy atom. The molecule has 0 bridgehead atoms. The van der Waals surface area contributed by atoms with E-state index in [4.69, 9.17) is 27.9 Å². The van der Waals surface area contributed by atoms with Crippen molar-refractivity contribution in [1.29, 1.82) is 0 Å². The van der Waals surface area contributed by atoms with Gasteiger partial charge in [0.2, 0.25) is 0 Å². The van der Waals surface area contributed by atoms with Gasteiger partial charge in [0.15, 0.2) is 0 Å². The fraction of sp³-hybridized carbons (Fsp3) is 0.500. The van der Waals surface area contributed by atoms with Crippen molar-refractivity contribution < 1.29 is 4.74 Å². The average Bonchev–Trinajstić information content (AvgIpc) is 2.22. The molecule has 4 heteroatoms. The molecule has 1 atom stereocenters. The molecule has 1 unspecified atom stereocenters. The molecule has 0 radical (unpaired) electrons. The van der Waals surface area contributed by atoms with Gasteiger partial charge in [0.1, 0.15) is 11.9 Å². The molecule has 0 aliphatic heterocycles. The summed E-state index contributed by atoms with van der Waals surface area (Å²) in [6.07, 6.45) is 0.0842. The highest BCUT2D eigenvalue weighted by atomic mass is 35.5. The standard InChI is InChI=1S/C12H17Cl2NO/c1-8(2)12(7-15-3)16-11-6-9(13)4-5-10(11)14/h4-6,8,12,15H,7H2,1-3H3. The lowest BCUT2D eigenvalue weighted by Gasteiger charge is -2.23. The minimum atomic E-state index is 0.0842. The molecule has 2 nitrogen and oxygen atoms in total. The smallest absolute Gasteiger partial charge is 0.139 e. The molecule has 0 saturated carbocycles. The number of benzene rings is 1. The third kappa shape index (κ3) is 3.85. The maximum absolute atomic E-state index is 6.04. The maximum Gasteiger partial charge on any atom is 0.139 e. The number of rotatable bonds is 5. The summed E-state index contributed by atoms with van der Waals surface area (Å²) in [7, 11) is 1.90. The van der Waals surface area contributed by atoms with Crippen molar-refractivity contribution in [2.45, 2.75) is 20.0 Å². The van der Waals surface area contributed by atoms with Gasteiger partial charge in [-0.3, -0.25) is 0 Å². The first-order valence-corrected chi connectivity index (χ1v) is 6.06. The Morgan fingerprint density at radius 1 is 1.31 bits per heavy atom. The Labute approximate surface area is 107 Å². The van der Waals surface area contributed by atoms with Crippen LogP contribution in [0.15, 0.2) is 18.2 Å². The van der Waals surface area contributed by atoms with E-state index in [1.807, 2.05) is 7.05 Å². The fourth-order valence-corrected chi connectivity index (χ4v) is 1.67. The van der Waals surface area contributed by atoms with Crippen LogP contribution in [0.2, 0.25) is 10.0 Å². The van der Waals surface area contributed by atoms with Gasteiger partial charge in [-0.25, -0.2) is 0 Å². The SMILES string of the molecule is CNCC(Oc1cc(Cl)ccc1Cl)C(C)C. The van der Waals surface area contributed by atoms with E-state index in [1.54, 1.807) is 18.2 Å². The molecule has 0 fully saturated rings. The molecule has 0 amide bonds. The number of likely N-dealkylation sites (N-methyl/N-ethyl adjacent to an activating group) is 1. The molecular formula is C12H17Cl2NO. The van der Waals surface area contributed by atoms with Crippen molar-refractivity contribution in [3.8, 4) is 5.75 Å². The van der Waals surface area contributed by atoms with Crippen molar-refractivity contribution in [3.05, 3.63) is 28.2 Å². The first kappa shape index (κ1) is 13.6. The summed E-state index contributed by atoms with van der Waals surface area (Å²) in [4.78, 5) is 0. The Bertz CT molecular complexity index is 342. The molecule has 1 aromatic rings. The van der Waals surface area contributed by atoms with Gasteiger partial charge in [-0.2, -0.15) is 0 Å². The number of hydrogen-bond acceptors (Lipinski definition) is 2. The monoisotopic (exact) mass is 261 g/mol. The lowest BCUT2D eigenvalue weighted by molar-refractivity contribution is 0.151. The second kappa shape index (κ2) is 6.33. The average molecular weight is 262 g/mol. The summed E-state index contributed by atoms with van der Waals surface area (Å²) < 4.78 is 5.85. The fourth-order valence-electron chi connectivity index (χ4n) is 1.35. The van der Waals surface area contributed by atoms with Crippen LogP contribution >= 0.6 is 23.2 Å².